The summed E-state index contributed by atoms with van der Waals surface area (Å²) < 4.78 is 7.64. The SMILES string of the molecule is COc1ccc(C)cc1C(NN)c1cc(I)ccc1Br. The number of methoxy groups -OCH3 is 1. The largest absolute Gasteiger partial charge is 0.496 e. The summed E-state index contributed by atoms with van der Waals surface area (Å²) in [6, 6.07) is 12.1. The average molecular weight is 447 g/mol. The molecule has 0 bridgehead atoms. The molecule has 20 heavy (non-hydrogen) atoms. The molecular weight excluding hydrogens is 431 g/mol. The lowest BCUT2D eigenvalue weighted by Gasteiger charge is -2.21. The van der Waals surface area contributed by atoms with E-state index in [9.17, 15) is 0 Å². The second kappa shape index (κ2) is 6.89. The van der Waals surface area contributed by atoms with Crippen molar-refractivity contribution in [2.24, 2.45) is 5.84 Å². The highest BCUT2D eigenvalue weighted by Crippen LogP contribution is 2.34. The maximum absolute atomic E-state index is 5.80. The number of aryl methyl sites for hydroxylation is 1. The Labute approximate surface area is 141 Å². The van der Waals surface area contributed by atoms with Gasteiger partial charge >= 0.3 is 0 Å². The fourth-order valence-electron chi connectivity index (χ4n) is 2.16. The number of nitrogens with one attached hydrogen (secondary N) is 1. The van der Waals surface area contributed by atoms with E-state index in [1.54, 1.807) is 7.11 Å². The Kier molecular flexibility index (Phi) is 5.42. The number of hydrazine groups is 1. The number of halogens is 2. The highest BCUT2D eigenvalue weighted by Gasteiger charge is 2.19. The summed E-state index contributed by atoms with van der Waals surface area (Å²) in [6.45, 7) is 2.06. The summed E-state index contributed by atoms with van der Waals surface area (Å²) >= 11 is 5.89. The number of nitrogens with two attached hydrogens (primary N) is 1. The van der Waals surface area contributed by atoms with Crippen LogP contribution in [0.3, 0.4) is 0 Å². The minimum atomic E-state index is -0.131. The summed E-state index contributed by atoms with van der Waals surface area (Å²) in [7, 11) is 1.67. The van der Waals surface area contributed by atoms with Crippen LogP contribution in [-0.2, 0) is 0 Å². The smallest absolute Gasteiger partial charge is 0.124 e. The van der Waals surface area contributed by atoms with Gasteiger partial charge in [-0.3, -0.25) is 5.84 Å². The van der Waals surface area contributed by atoms with Gasteiger partial charge in [0.1, 0.15) is 5.75 Å². The molecule has 1 atom stereocenters. The van der Waals surface area contributed by atoms with Gasteiger partial charge in [-0.05, 0) is 59.3 Å². The first-order chi connectivity index (χ1) is 9.56. The Bertz CT molecular complexity index is 619. The van der Waals surface area contributed by atoms with Gasteiger partial charge in [0.25, 0.3) is 0 Å². The van der Waals surface area contributed by atoms with E-state index in [1.165, 1.54) is 5.56 Å². The van der Waals surface area contributed by atoms with Crippen molar-refractivity contribution in [3.63, 3.8) is 0 Å². The Morgan fingerprint density at radius 1 is 1.20 bits per heavy atom. The lowest BCUT2D eigenvalue weighted by Crippen LogP contribution is -2.29. The van der Waals surface area contributed by atoms with E-state index in [4.69, 9.17) is 10.6 Å². The molecule has 3 nitrogen and oxygen atoms in total. The number of rotatable bonds is 4. The maximum atomic E-state index is 5.80. The van der Waals surface area contributed by atoms with E-state index in [1.807, 2.05) is 18.2 Å². The van der Waals surface area contributed by atoms with Gasteiger partial charge in [-0.2, -0.15) is 0 Å². The highest BCUT2D eigenvalue weighted by atomic mass is 127. The lowest BCUT2D eigenvalue weighted by atomic mass is 9.97. The van der Waals surface area contributed by atoms with Crippen LogP contribution in [0.15, 0.2) is 40.9 Å². The zero-order valence-corrected chi connectivity index (χ0v) is 15.0. The van der Waals surface area contributed by atoms with Gasteiger partial charge in [0.2, 0.25) is 0 Å². The molecule has 0 aliphatic carbocycles. The molecule has 2 aromatic carbocycles. The number of benzene rings is 2. The summed E-state index contributed by atoms with van der Waals surface area (Å²) in [5.74, 6) is 6.62. The fraction of sp³-hybridized carbons (Fsp3) is 0.200. The molecule has 1 unspecified atom stereocenters. The van der Waals surface area contributed by atoms with Crippen LogP contribution in [0.5, 0.6) is 5.75 Å². The Hall–Kier alpha value is -0.630. The molecule has 0 fully saturated rings. The van der Waals surface area contributed by atoms with Crippen molar-refractivity contribution in [3.05, 3.63) is 61.1 Å². The predicted octanol–water partition coefficient (Wildman–Crippen LogP) is 3.92. The molecule has 0 spiro atoms. The van der Waals surface area contributed by atoms with E-state index < -0.39 is 0 Å². The van der Waals surface area contributed by atoms with Crippen LogP contribution >= 0.6 is 38.5 Å². The molecule has 0 radical (unpaired) electrons. The van der Waals surface area contributed by atoms with Crippen LogP contribution in [0.2, 0.25) is 0 Å². The molecule has 0 amide bonds. The van der Waals surface area contributed by atoms with Gasteiger partial charge in [0.15, 0.2) is 0 Å². The van der Waals surface area contributed by atoms with Crippen molar-refractivity contribution >= 4 is 38.5 Å². The highest BCUT2D eigenvalue weighted by molar-refractivity contribution is 14.1. The van der Waals surface area contributed by atoms with Crippen molar-refractivity contribution in [1.82, 2.24) is 5.43 Å². The third-order valence-corrected chi connectivity index (χ3v) is 4.53. The normalized spacial score (nSPS) is 12.2. The predicted molar refractivity (Wildman–Crippen MR) is 93.8 cm³/mol. The average Bonchev–Trinajstić information content (AvgIpc) is 2.44. The molecule has 0 aromatic heterocycles. The van der Waals surface area contributed by atoms with Gasteiger partial charge in [0, 0.05) is 13.6 Å². The third kappa shape index (κ3) is 3.33. The molecule has 5 heteroatoms. The van der Waals surface area contributed by atoms with Gasteiger partial charge in [0.05, 0.1) is 13.2 Å². The minimum Gasteiger partial charge on any atom is -0.496 e. The van der Waals surface area contributed by atoms with Gasteiger partial charge < -0.3 is 4.74 Å². The number of hydrogen-bond acceptors (Lipinski definition) is 3. The summed E-state index contributed by atoms with van der Waals surface area (Å²) in [5, 5.41) is 0. The van der Waals surface area contributed by atoms with Crippen LogP contribution in [0.1, 0.15) is 22.7 Å². The molecule has 0 saturated carbocycles. The number of hydrogen-bond donors (Lipinski definition) is 2. The van der Waals surface area contributed by atoms with Crippen molar-refractivity contribution in [2.75, 3.05) is 7.11 Å². The Balaban J connectivity index is 2.57. The molecule has 106 valence electrons. The molecular formula is C15H16BrIN2O. The summed E-state index contributed by atoms with van der Waals surface area (Å²) in [6.07, 6.45) is 0. The van der Waals surface area contributed by atoms with Gasteiger partial charge in [-0.15, -0.1) is 0 Å². The van der Waals surface area contributed by atoms with Crippen LogP contribution in [-0.4, -0.2) is 7.11 Å². The maximum Gasteiger partial charge on any atom is 0.124 e. The second-order valence-corrected chi connectivity index (χ2v) is 6.61. The third-order valence-electron chi connectivity index (χ3n) is 3.13. The summed E-state index contributed by atoms with van der Waals surface area (Å²) in [5.41, 5.74) is 6.17. The van der Waals surface area contributed by atoms with E-state index in [-0.39, 0.29) is 6.04 Å². The number of ether oxygens (including phenoxy) is 1. The zero-order valence-electron chi connectivity index (χ0n) is 11.3. The molecule has 0 saturated heterocycles. The monoisotopic (exact) mass is 446 g/mol. The molecule has 2 aromatic rings. The standard InChI is InChI=1S/C15H16BrIN2O/c1-9-3-6-14(20-2)12(7-9)15(19-18)11-8-10(17)4-5-13(11)16/h3-8,15,19H,18H2,1-2H3. The van der Waals surface area contributed by atoms with Crippen molar-refractivity contribution in [1.29, 1.82) is 0 Å². The molecule has 2 rings (SSSR count). The van der Waals surface area contributed by atoms with Crippen LogP contribution in [0.25, 0.3) is 0 Å². The first-order valence-corrected chi connectivity index (χ1v) is 7.99. The second-order valence-electron chi connectivity index (χ2n) is 4.51. The van der Waals surface area contributed by atoms with E-state index >= 15 is 0 Å². The van der Waals surface area contributed by atoms with E-state index in [2.05, 4.69) is 69.1 Å². The molecule has 0 heterocycles. The van der Waals surface area contributed by atoms with Crippen molar-refractivity contribution in [3.8, 4) is 5.75 Å². The minimum absolute atomic E-state index is 0.131. The Morgan fingerprint density at radius 3 is 2.60 bits per heavy atom. The van der Waals surface area contributed by atoms with Crippen LogP contribution < -0.4 is 16.0 Å². The zero-order chi connectivity index (χ0) is 14.7. The summed E-state index contributed by atoms with van der Waals surface area (Å²) in [4.78, 5) is 0. The lowest BCUT2D eigenvalue weighted by molar-refractivity contribution is 0.404. The van der Waals surface area contributed by atoms with E-state index in [0.29, 0.717) is 0 Å². The topological polar surface area (TPSA) is 47.3 Å². The van der Waals surface area contributed by atoms with Crippen LogP contribution in [0, 0.1) is 10.5 Å². The van der Waals surface area contributed by atoms with Gasteiger partial charge in [-0.1, -0.05) is 33.6 Å². The fourth-order valence-corrected chi connectivity index (χ4v) is 3.15. The van der Waals surface area contributed by atoms with E-state index in [0.717, 1.165) is 24.9 Å². The quantitative estimate of drug-likeness (QED) is 0.425. The first-order valence-electron chi connectivity index (χ1n) is 6.12. The van der Waals surface area contributed by atoms with Crippen LogP contribution in [0.4, 0.5) is 0 Å². The molecule has 0 aliphatic rings. The molecule has 3 N–H and O–H groups in total. The van der Waals surface area contributed by atoms with Gasteiger partial charge in [-0.25, -0.2) is 5.43 Å². The van der Waals surface area contributed by atoms with Crippen molar-refractivity contribution < 1.29 is 4.74 Å². The van der Waals surface area contributed by atoms with Crippen molar-refractivity contribution in [2.45, 2.75) is 13.0 Å². The molecule has 0 aliphatic heterocycles. The Morgan fingerprint density at radius 2 is 1.95 bits per heavy atom. The first kappa shape index (κ1) is 15.8.